The topological polar surface area (TPSA) is 77.8 Å². The van der Waals surface area contributed by atoms with Crippen LogP contribution in [0.15, 0.2) is 71.3 Å². The molecule has 0 aliphatic heterocycles. The average Bonchev–Trinajstić information content (AvgIpc) is 3.34. The molecule has 6 nitrogen and oxygen atoms in total. The molecule has 0 spiro atoms. The van der Waals surface area contributed by atoms with Crippen molar-refractivity contribution in [1.82, 2.24) is 4.57 Å². The first kappa shape index (κ1) is 24.0. The van der Waals surface area contributed by atoms with E-state index in [0.717, 1.165) is 49.7 Å². The van der Waals surface area contributed by atoms with Gasteiger partial charge in [0.1, 0.15) is 12.2 Å². The van der Waals surface area contributed by atoms with E-state index in [1.807, 2.05) is 41.0 Å². The summed E-state index contributed by atoms with van der Waals surface area (Å²) in [6.07, 6.45) is 14.6. The van der Waals surface area contributed by atoms with Gasteiger partial charge in [-0.3, -0.25) is 4.79 Å². The van der Waals surface area contributed by atoms with Crippen LogP contribution in [0.5, 0.6) is 5.75 Å². The fraction of sp³-hybridized carbons (Fsp3) is 0.429. The fourth-order valence-corrected chi connectivity index (χ4v) is 5.04. The summed E-state index contributed by atoms with van der Waals surface area (Å²) in [4.78, 5) is 25.6. The zero-order valence-corrected chi connectivity index (χ0v) is 19.7. The average molecular weight is 464 g/mol. The molecule has 1 aromatic carbocycles. The van der Waals surface area contributed by atoms with Gasteiger partial charge < -0.3 is 19.1 Å². The molecule has 1 atom stereocenters. The molecule has 34 heavy (non-hydrogen) atoms. The summed E-state index contributed by atoms with van der Waals surface area (Å²) in [5.41, 5.74) is 0.982. The standard InChI is InChI=1S/C28H33NO5/c1-2-33-27(32)23-17-29(18-24(25(23)30)34-19-21-11-5-3-6-12-21)20-28(15-9-10-16-28)26(31)22-13-7-4-8-14-22/h3,5-7,11-14,17-18,26,31H,2,4,8-10,15-16,19-20H2,1H3. The van der Waals surface area contributed by atoms with Gasteiger partial charge in [-0.15, -0.1) is 0 Å². The summed E-state index contributed by atoms with van der Waals surface area (Å²) in [6, 6.07) is 9.57. The van der Waals surface area contributed by atoms with Gasteiger partial charge in [0, 0.05) is 18.2 Å². The van der Waals surface area contributed by atoms with Crippen LogP contribution in [0.25, 0.3) is 0 Å². The van der Waals surface area contributed by atoms with Gasteiger partial charge in [-0.05, 0) is 43.7 Å². The highest BCUT2D eigenvalue weighted by atomic mass is 16.5. The summed E-state index contributed by atoms with van der Waals surface area (Å²) < 4.78 is 12.9. The fourth-order valence-electron chi connectivity index (χ4n) is 5.04. The normalized spacial score (nSPS) is 17.8. The number of hydrogen-bond acceptors (Lipinski definition) is 5. The van der Waals surface area contributed by atoms with Crippen LogP contribution in [0.2, 0.25) is 0 Å². The second-order valence-electron chi connectivity index (χ2n) is 9.19. The highest BCUT2D eigenvalue weighted by molar-refractivity contribution is 5.89. The Morgan fingerprint density at radius 2 is 1.91 bits per heavy atom. The maximum Gasteiger partial charge on any atom is 0.343 e. The maximum atomic E-state index is 13.1. The minimum Gasteiger partial charge on any atom is -0.483 e. The van der Waals surface area contributed by atoms with Gasteiger partial charge in [-0.1, -0.05) is 61.4 Å². The Morgan fingerprint density at radius 1 is 1.15 bits per heavy atom. The molecule has 1 saturated carbocycles. The van der Waals surface area contributed by atoms with Gasteiger partial charge >= 0.3 is 5.97 Å². The van der Waals surface area contributed by atoms with Crippen molar-refractivity contribution >= 4 is 5.97 Å². The number of aromatic nitrogens is 1. The van der Waals surface area contributed by atoms with E-state index in [-0.39, 0.29) is 29.9 Å². The predicted octanol–water partition coefficient (Wildman–Crippen LogP) is 4.80. The first-order valence-electron chi connectivity index (χ1n) is 12.1. The lowest BCUT2D eigenvalue weighted by atomic mass is 9.76. The minimum atomic E-state index is -0.662. The summed E-state index contributed by atoms with van der Waals surface area (Å²) in [5.74, 6) is -0.556. The molecule has 0 amide bonds. The lowest BCUT2D eigenvalue weighted by Gasteiger charge is -2.36. The van der Waals surface area contributed by atoms with E-state index in [1.165, 1.54) is 0 Å². The Balaban J connectivity index is 1.67. The molecular formula is C28H33NO5. The third kappa shape index (κ3) is 5.33. The van der Waals surface area contributed by atoms with Crippen molar-refractivity contribution in [1.29, 1.82) is 0 Å². The molecule has 0 saturated heterocycles. The second-order valence-corrected chi connectivity index (χ2v) is 9.19. The number of nitrogens with zero attached hydrogens (tertiary/aromatic N) is 1. The minimum absolute atomic E-state index is 0.0492. The van der Waals surface area contributed by atoms with Crippen molar-refractivity contribution in [2.24, 2.45) is 5.41 Å². The van der Waals surface area contributed by atoms with E-state index in [4.69, 9.17) is 9.47 Å². The van der Waals surface area contributed by atoms with Gasteiger partial charge in [0.15, 0.2) is 5.75 Å². The number of rotatable bonds is 9. The van der Waals surface area contributed by atoms with Crippen LogP contribution in [0, 0.1) is 5.41 Å². The molecule has 4 rings (SSSR count). The highest BCUT2D eigenvalue weighted by Gasteiger charge is 2.42. The molecule has 0 radical (unpaired) electrons. The molecule has 1 unspecified atom stereocenters. The number of aliphatic hydroxyl groups excluding tert-OH is 1. The largest absolute Gasteiger partial charge is 0.483 e. The Hall–Kier alpha value is -3.12. The number of ether oxygens (including phenoxy) is 2. The summed E-state index contributed by atoms with van der Waals surface area (Å²) in [6.45, 7) is 2.58. The van der Waals surface area contributed by atoms with Crippen molar-refractivity contribution in [3.63, 3.8) is 0 Å². The number of hydrogen-bond donors (Lipinski definition) is 1. The van der Waals surface area contributed by atoms with Crippen molar-refractivity contribution in [2.45, 2.75) is 64.7 Å². The van der Waals surface area contributed by atoms with Crippen molar-refractivity contribution in [2.75, 3.05) is 6.61 Å². The first-order valence-corrected chi connectivity index (χ1v) is 12.1. The predicted molar refractivity (Wildman–Crippen MR) is 131 cm³/mol. The summed E-state index contributed by atoms with van der Waals surface area (Å²) >= 11 is 0. The molecule has 2 aromatic rings. The van der Waals surface area contributed by atoms with Gasteiger partial charge in [-0.2, -0.15) is 0 Å². The van der Waals surface area contributed by atoms with Crippen LogP contribution in [-0.2, 0) is 17.9 Å². The van der Waals surface area contributed by atoms with E-state index in [1.54, 1.807) is 19.3 Å². The quantitative estimate of drug-likeness (QED) is 0.541. The van der Waals surface area contributed by atoms with Gasteiger partial charge in [0.05, 0.1) is 18.9 Å². The molecule has 1 aromatic heterocycles. The number of pyridine rings is 1. The lowest BCUT2D eigenvalue weighted by molar-refractivity contribution is 0.0434. The van der Waals surface area contributed by atoms with Crippen LogP contribution < -0.4 is 10.2 Å². The molecule has 0 bridgehead atoms. The second kappa shape index (κ2) is 10.9. The number of aliphatic hydroxyl groups is 1. The monoisotopic (exact) mass is 463 g/mol. The van der Waals surface area contributed by atoms with Crippen LogP contribution in [0.1, 0.15) is 61.4 Å². The molecule has 2 aliphatic rings. The maximum absolute atomic E-state index is 13.1. The third-order valence-electron chi connectivity index (χ3n) is 6.80. The van der Waals surface area contributed by atoms with E-state index in [0.29, 0.717) is 6.54 Å². The Bertz CT molecular complexity index is 1110. The zero-order valence-electron chi connectivity index (χ0n) is 19.7. The highest BCUT2D eigenvalue weighted by Crippen LogP contribution is 2.45. The Kier molecular flexibility index (Phi) is 7.68. The van der Waals surface area contributed by atoms with E-state index in [9.17, 15) is 14.7 Å². The molecule has 180 valence electrons. The van der Waals surface area contributed by atoms with Gasteiger partial charge in [-0.25, -0.2) is 4.79 Å². The summed E-state index contributed by atoms with van der Waals surface area (Å²) in [7, 11) is 0. The molecule has 1 N–H and O–H groups in total. The van der Waals surface area contributed by atoms with E-state index in [2.05, 4.69) is 12.2 Å². The van der Waals surface area contributed by atoms with Crippen LogP contribution in [0.3, 0.4) is 0 Å². The molecule has 6 heteroatoms. The van der Waals surface area contributed by atoms with Crippen molar-refractivity contribution in [3.05, 3.63) is 87.9 Å². The molecule has 1 fully saturated rings. The lowest BCUT2D eigenvalue weighted by Crippen LogP contribution is -2.38. The number of allylic oxidation sites excluding steroid dienone is 2. The van der Waals surface area contributed by atoms with Crippen LogP contribution in [-0.4, -0.2) is 28.4 Å². The first-order chi connectivity index (χ1) is 16.5. The number of carbonyl (C=O) groups is 1. The zero-order chi connectivity index (χ0) is 24.0. The molecule has 1 heterocycles. The third-order valence-corrected chi connectivity index (χ3v) is 6.80. The van der Waals surface area contributed by atoms with Crippen LogP contribution in [0.4, 0.5) is 0 Å². The molecule has 2 aliphatic carbocycles. The number of carbonyl (C=O) groups excluding carboxylic acids is 1. The van der Waals surface area contributed by atoms with Gasteiger partial charge in [0.25, 0.3) is 0 Å². The molecular weight excluding hydrogens is 430 g/mol. The van der Waals surface area contributed by atoms with E-state index < -0.39 is 17.5 Å². The van der Waals surface area contributed by atoms with Crippen LogP contribution >= 0.6 is 0 Å². The SMILES string of the molecule is CCOC(=O)c1cn(CC2(C(O)C3=CCCC=C3)CCCC2)cc(OCc2ccccc2)c1=O. The number of benzene rings is 1. The smallest absolute Gasteiger partial charge is 0.343 e. The summed E-state index contributed by atoms with van der Waals surface area (Å²) in [5, 5.41) is 11.4. The van der Waals surface area contributed by atoms with Crippen molar-refractivity contribution < 1.29 is 19.4 Å². The Labute approximate surface area is 200 Å². The number of esters is 1. The van der Waals surface area contributed by atoms with Gasteiger partial charge in [0.2, 0.25) is 5.43 Å². The Morgan fingerprint density at radius 3 is 2.59 bits per heavy atom. The van der Waals surface area contributed by atoms with Crippen molar-refractivity contribution in [3.8, 4) is 5.75 Å². The van der Waals surface area contributed by atoms with E-state index >= 15 is 0 Å².